The van der Waals surface area contributed by atoms with Crippen LogP contribution in [0.4, 0.5) is 4.79 Å². The molecule has 0 aromatic carbocycles. The molecule has 0 fully saturated rings. The van der Waals surface area contributed by atoms with Crippen molar-refractivity contribution in [3.05, 3.63) is 28.5 Å². The minimum absolute atomic E-state index is 0.175. The summed E-state index contributed by atoms with van der Waals surface area (Å²) in [7, 11) is 0. The van der Waals surface area contributed by atoms with Crippen LogP contribution < -0.4 is 11.1 Å². The van der Waals surface area contributed by atoms with Gasteiger partial charge in [-0.05, 0) is 54.8 Å². The molecular formula is C13H20BrN3O2. The van der Waals surface area contributed by atoms with Crippen LogP contribution in [-0.4, -0.2) is 29.3 Å². The highest BCUT2D eigenvalue weighted by molar-refractivity contribution is 9.10. The SMILES string of the molecule is CC(C)(C)OC(=O)NC(CN)Cc1cncc(Br)c1. The average molecular weight is 330 g/mol. The van der Waals surface area contributed by atoms with E-state index in [1.807, 2.05) is 26.8 Å². The number of carbonyl (C=O) groups is 1. The molecule has 1 rings (SSSR count). The second-order valence-corrected chi connectivity index (χ2v) is 6.21. The summed E-state index contributed by atoms with van der Waals surface area (Å²) < 4.78 is 6.10. The number of nitrogens with one attached hydrogen (secondary N) is 1. The lowest BCUT2D eigenvalue weighted by molar-refractivity contribution is 0.0506. The number of nitrogens with zero attached hydrogens (tertiary/aromatic N) is 1. The number of pyridine rings is 1. The molecule has 1 atom stereocenters. The summed E-state index contributed by atoms with van der Waals surface area (Å²) in [5.41, 5.74) is 6.16. The van der Waals surface area contributed by atoms with Gasteiger partial charge in [0.25, 0.3) is 0 Å². The van der Waals surface area contributed by atoms with Crippen molar-refractivity contribution in [1.82, 2.24) is 10.3 Å². The number of amides is 1. The van der Waals surface area contributed by atoms with Crippen LogP contribution in [0.25, 0.3) is 0 Å². The highest BCUT2D eigenvalue weighted by Crippen LogP contribution is 2.12. The number of halogens is 1. The van der Waals surface area contributed by atoms with Crippen molar-refractivity contribution in [3.8, 4) is 0 Å². The van der Waals surface area contributed by atoms with E-state index in [-0.39, 0.29) is 6.04 Å². The molecule has 3 N–H and O–H groups in total. The summed E-state index contributed by atoms with van der Waals surface area (Å²) in [6.07, 6.45) is 3.63. The van der Waals surface area contributed by atoms with Crippen LogP contribution in [0.5, 0.6) is 0 Å². The molecule has 106 valence electrons. The molecule has 1 aromatic rings. The zero-order valence-corrected chi connectivity index (χ0v) is 13.0. The first-order chi connectivity index (χ1) is 8.80. The fraction of sp³-hybridized carbons (Fsp3) is 0.538. The summed E-state index contributed by atoms with van der Waals surface area (Å²) in [5.74, 6) is 0. The van der Waals surface area contributed by atoms with Crippen LogP contribution >= 0.6 is 15.9 Å². The third-order valence-electron chi connectivity index (χ3n) is 2.25. The number of carbonyl (C=O) groups excluding carboxylic acids is 1. The number of hydrogen-bond acceptors (Lipinski definition) is 4. The molecule has 0 aliphatic rings. The Balaban J connectivity index is 2.57. The first-order valence-corrected chi connectivity index (χ1v) is 6.88. The second kappa shape index (κ2) is 6.86. The average Bonchev–Trinajstić information content (AvgIpc) is 2.25. The summed E-state index contributed by atoms with van der Waals surface area (Å²) in [6, 6.07) is 1.78. The molecule has 6 heteroatoms. The summed E-state index contributed by atoms with van der Waals surface area (Å²) in [4.78, 5) is 15.7. The van der Waals surface area contributed by atoms with Crippen LogP contribution in [0.15, 0.2) is 22.9 Å². The van der Waals surface area contributed by atoms with Crippen molar-refractivity contribution in [2.24, 2.45) is 5.73 Å². The normalized spacial score (nSPS) is 12.9. The number of hydrogen-bond donors (Lipinski definition) is 2. The van der Waals surface area contributed by atoms with E-state index in [1.165, 1.54) is 0 Å². The van der Waals surface area contributed by atoms with Crippen LogP contribution in [-0.2, 0) is 11.2 Å². The van der Waals surface area contributed by atoms with Gasteiger partial charge in [0, 0.05) is 29.5 Å². The van der Waals surface area contributed by atoms with E-state index >= 15 is 0 Å². The first kappa shape index (κ1) is 15.9. The van der Waals surface area contributed by atoms with Gasteiger partial charge in [-0.3, -0.25) is 4.98 Å². The largest absolute Gasteiger partial charge is 0.444 e. The summed E-state index contributed by atoms with van der Waals surface area (Å²) >= 11 is 3.36. The Labute approximate surface area is 122 Å². The van der Waals surface area contributed by atoms with Gasteiger partial charge in [0.05, 0.1) is 0 Å². The van der Waals surface area contributed by atoms with Crippen molar-refractivity contribution in [3.63, 3.8) is 0 Å². The van der Waals surface area contributed by atoms with Gasteiger partial charge in [0.2, 0.25) is 0 Å². The Morgan fingerprint density at radius 1 is 1.53 bits per heavy atom. The van der Waals surface area contributed by atoms with Gasteiger partial charge >= 0.3 is 6.09 Å². The lowest BCUT2D eigenvalue weighted by Gasteiger charge is -2.23. The predicted molar refractivity (Wildman–Crippen MR) is 77.9 cm³/mol. The van der Waals surface area contributed by atoms with Crippen molar-refractivity contribution in [2.45, 2.75) is 38.8 Å². The zero-order valence-electron chi connectivity index (χ0n) is 11.4. The molecule has 0 bridgehead atoms. The quantitative estimate of drug-likeness (QED) is 0.888. The third-order valence-corrected chi connectivity index (χ3v) is 2.68. The lowest BCUT2D eigenvalue weighted by atomic mass is 10.1. The highest BCUT2D eigenvalue weighted by atomic mass is 79.9. The van der Waals surface area contributed by atoms with E-state index in [9.17, 15) is 4.79 Å². The number of aromatic nitrogens is 1. The molecular weight excluding hydrogens is 310 g/mol. The number of nitrogens with two attached hydrogens (primary N) is 1. The van der Waals surface area contributed by atoms with Gasteiger partial charge < -0.3 is 15.8 Å². The Morgan fingerprint density at radius 2 is 2.21 bits per heavy atom. The molecule has 0 saturated carbocycles. The maximum atomic E-state index is 11.7. The van der Waals surface area contributed by atoms with Crippen LogP contribution in [0, 0.1) is 0 Å². The molecule has 0 aliphatic carbocycles. The van der Waals surface area contributed by atoms with Gasteiger partial charge in [0.15, 0.2) is 0 Å². The molecule has 1 amide bonds. The topological polar surface area (TPSA) is 77.2 Å². The molecule has 0 spiro atoms. The molecule has 0 radical (unpaired) electrons. The van der Waals surface area contributed by atoms with Crippen molar-refractivity contribution >= 4 is 22.0 Å². The fourth-order valence-corrected chi connectivity index (χ4v) is 1.93. The van der Waals surface area contributed by atoms with Gasteiger partial charge in [-0.2, -0.15) is 0 Å². The molecule has 19 heavy (non-hydrogen) atoms. The summed E-state index contributed by atoms with van der Waals surface area (Å²) in [5, 5.41) is 2.76. The molecule has 5 nitrogen and oxygen atoms in total. The molecule has 1 aromatic heterocycles. The van der Waals surface area contributed by atoms with Crippen LogP contribution in [0.1, 0.15) is 26.3 Å². The Morgan fingerprint density at radius 3 is 2.74 bits per heavy atom. The van der Waals surface area contributed by atoms with E-state index < -0.39 is 11.7 Å². The van der Waals surface area contributed by atoms with E-state index in [2.05, 4.69) is 26.2 Å². The fourth-order valence-electron chi connectivity index (χ4n) is 1.52. The molecule has 0 saturated heterocycles. The van der Waals surface area contributed by atoms with Gasteiger partial charge in [-0.15, -0.1) is 0 Å². The molecule has 1 unspecified atom stereocenters. The number of rotatable bonds is 4. The number of ether oxygens (including phenoxy) is 1. The van der Waals surface area contributed by atoms with E-state index in [4.69, 9.17) is 10.5 Å². The standard InChI is InChI=1S/C13H20BrN3O2/c1-13(2,3)19-12(18)17-11(6-15)5-9-4-10(14)8-16-7-9/h4,7-8,11H,5-6,15H2,1-3H3,(H,17,18). The second-order valence-electron chi connectivity index (χ2n) is 5.29. The Bertz CT molecular complexity index is 432. The highest BCUT2D eigenvalue weighted by Gasteiger charge is 2.19. The van der Waals surface area contributed by atoms with E-state index in [0.29, 0.717) is 13.0 Å². The van der Waals surface area contributed by atoms with Gasteiger partial charge in [-0.1, -0.05) is 0 Å². The molecule has 1 heterocycles. The van der Waals surface area contributed by atoms with Crippen molar-refractivity contribution < 1.29 is 9.53 Å². The van der Waals surface area contributed by atoms with Crippen molar-refractivity contribution in [1.29, 1.82) is 0 Å². The predicted octanol–water partition coefficient (Wildman–Crippen LogP) is 2.24. The third kappa shape index (κ3) is 6.54. The lowest BCUT2D eigenvalue weighted by Crippen LogP contribution is -2.44. The van der Waals surface area contributed by atoms with Gasteiger partial charge in [-0.25, -0.2) is 4.79 Å². The number of alkyl carbamates (subject to hydrolysis) is 1. The van der Waals surface area contributed by atoms with E-state index in [1.54, 1.807) is 12.4 Å². The van der Waals surface area contributed by atoms with Crippen molar-refractivity contribution in [2.75, 3.05) is 6.54 Å². The van der Waals surface area contributed by atoms with Crippen LogP contribution in [0.2, 0.25) is 0 Å². The molecule has 0 aliphatic heterocycles. The minimum Gasteiger partial charge on any atom is -0.444 e. The first-order valence-electron chi connectivity index (χ1n) is 6.09. The Kier molecular flexibility index (Phi) is 5.75. The monoisotopic (exact) mass is 329 g/mol. The maximum Gasteiger partial charge on any atom is 0.407 e. The van der Waals surface area contributed by atoms with Crippen LogP contribution in [0.3, 0.4) is 0 Å². The van der Waals surface area contributed by atoms with E-state index in [0.717, 1.165) is 10.0 Å². The minimum atomic E-state index is -0.513. The van der Waals surface area contributed by atoms with Gasteiger partial charge in [0.1, 0.15) is 5.60 Å². The smallest absolute Gasteiger partial charge is 0.407 e. The maximum absolute atomic E-state index is 11.7. The Hall–Kier alpha value is -1.14. The zero-order chi connectivity index (χ0) is 14.5. The summed E-state index contributed by atoms with van der Waals surface area (Å²) in [6.45, 7) is 5.80.